The maximum atomic E-state index is 14.9. The molecule has 0 aliphatic carbocycles. The normalized spacial score (nSPS) is 27.5. The van der Waals surface area contributed by atoms with Gasteiger partial charge in [0, 0.05) is 30.6 Å². The van der Waals surface area contributed by atoms with Crippen LogP contribution in [0.25, 0.3) is 0 Å². The number of hydrogen-bond donors (Lipinski definition) is 1. The molecule has 1 spiro atoms. The maximum Gasteiger partial charge on any atom is 0.251 e. The first-order chi connectivity index (χ1) is 21.3. The highest BCUT2D eigenvalue weighted by atomic mass is 32.2. The van der Waals surface area contributed by atoms with E-state index in [1.807, 2.05) is 49.4 Å². The van der Waals surface area contributed by atoms with Gasteiger partial charge in [-0.25, -0.2) is 0 Å². The Balaban J connectivity index is 1.58. The van der Waals surface area contributed by atoms with E-state index in [9.17, 15) is 19.5 Å². The van der Waals surface area contributed by atoms with E-state index in [4.69, 9.17) is 4.74 Å². The Morgan fingerprint density at radius 2 is 1.80 bits per heavy atom. The monoisotopic (exact) mass is 617 g/mol. The number of anilines is 1. The predicted molar refractivity (Wildman–Crippen MR) is 174 cm³/mol. The average Bonchev–Trinajstić information content (AvgIpc) is 3.64. The van der Waals surface area contributed by atoms with Crippen molar-refractivity contribution in [2.24, 2.45) is 17.8 Å². The topological polar surface area (TPSA) is 90.4 Å². The fourth-order valence-corrected chi connectivity index (χ4v) is 9.99. The lowest BCUT2D eigenvalue weighted by Gasteiger charge is -2.42. The van der Waals surface area contributed by atoms with Gasteiger partial charge in [-0.3, -0.25) is 14.4 Å². The van der Waals surface area contributed by atoms with Crippen LogP contribution in [0, 0.1) is 17.8 Å². The zero-order valence-electron chi connectivity index (χ0n) is 25.8. The van der Waals surface area contributed by atoms with Crippen LogP contribution >= 0.6 is 11.8 Å². The number of carbonyl (C=O) groups is 3. The highest BCUT2D eigenvalue weighted by Crippen LogP contribution is 2.69. The molecule has 1 N–H and O–H groups in total. The number of carbonyl (C=O) groups excluding carboxylic acids is 3. The number of benzene rings is 2. The van der Waals surface area contributed by atoms with E-state index in [2.05, 4.69) is 20.1 Å². The largest absolute Gasteiger partial charge is 0.497 e. The highest BCUT2D eigenvalue weighted by Gasteiger charge is 2.77. The van der Waals surface area contributed by atoms with Crippen molar-refractivity contribution in [3.63, 3.8) is 0 Å². The number of hydrogen-bond acceptors (Lipinski definition) is 6. The van der Waals surface area contributed by atoms with Gasteiger partial charge < -0.3 is 24.5 Å². The first-order valence-electron chi connectivity index (χ1n) is 15.4. The number of likely N-dealkylation sites (tertiary alicyclic amines) is 1. The van der Waals surface area contributed by atoms with Crippen LogP contribution in [0.2, 0.25) is 0 Å². The molecule has 2 bridgehead atoms. The molecule has 2 aromatic carbocycles. The lowest BCUT2D eigenvalue weighted by Crippen LogP contribution is -2.59. The molecule has 3 amide bonds. The Morgan fingerprint density at radius 3 is 2.39 bits per heavy atom. The number of amides is 3. The third-order valence-corrected chi connectivity index (χ3v) is 11.7. The summed E-state index contributed by atoms with van der Waals surface area (Å²) in [5.41, 5.74) is 1.66. The predicted octanol–water partition coefficient (Wildman–Crippen LogP) is 4.54. The van der Waals surface area contributed by atoms with E-state index in [1.54, 1.807) is 57.9 Å². The van der Waals surface area contributed by atoms with Crippen molar-refractivity contribution < 1.29 is 24.2 Å². The van der Waals surface area contributed by atoms with E-state index < -0.39 is 28.7 Å². The molecule has 7 atom stereocenters. The minimum absolute atomic E-state index is 0.00840. The van der Waals surface area contributed by atoms with Crippen molar-refractivity contribution in [2.75, 3.05) is 31.7 Å². The minimum Gasteiger partial charge on any atom is -0.497 e. The number of thioether (sulfide) groups is 1. The van der Waals surface area contributed by atoms with Crippen LogP contribution in [0.1, 0.15) is 32.3 Å². The molecule has 9 heteroatoms. The summed E-state index contributed by atoms with van der Waals surface area (Å²) < 4.78 is 4.52. The SMILES string of the molecule is C=CCN(Cc1ccccc1)C(=O)[C@@H]1[C@H]2C(=O)N([C@@H](CC)CO)C(C(=O)N(CC=C)c3ccc(OC)cc3)C23S[C@@H]1CC3C. The second-order valence-electron chi connectivity index (χ2n) is 12.0. The number of methoxy groups -OCH3 is 1. The van der Waals surface area contributed by atoms with Gasteiger partial charge >= 0.3 is 0 Å². The zero-order chi connectivity index (χ0) is 31.6. The van der Waals surface area contributed by atoms with E-state index >= 15 is 0 Å². The number of nitrogens with zero attached hydrogens (tertiary/aromatic N) is 3. The molecule has 3 heterocycles. The Morgan fingerprint density at radius 1 is 1.11 bits per heavy atom. The Hall–Kier alpha value is -3.56. The fraction of sp³-hybridized carbons (Fsp3) is 0.457. The van der Waals surface area contributed by atoms with Crippen molar-refractivity contribution in [3.05, 3.63) is 85.5 Å². The molecule has 2 aromatic rings. The summed E-state index contributed by atoms with van der Waals surface area (Å²) in [5.74, 6) is -1.09. The first kappa shape index (κ1) is 31.9. The zero-order valence-corrected chi connectivity index (χ0v) is 26.6. The second kappa shape index (κ2) is 13.2. The summed E-state index contributed by atoms with van der Waals surface area (Å²) in [5, 5.41) is 10.4. The molecule has 3 fully saturated rings. The highest BCUT2D eigenvalue weighted by molar-refractivity contribution is 8.02. The van der Waals surface area contributed by atoms with Gasteiger partial charge in [-0.2, -0.15) is 0 Å². The summed E-state index contributed by atoms with van der Waals surface area (Å²) in [6.07, 6.45) is 4.61. The van der Waals surface area contributed by atoms with E-state index in [1.165, 1.54) is 0 Å². The number of fused-ring (bicyclic) bond motifs is 1. The van der Waals surface area contributed by atoms with Crippen molar-refractivity contribution in [1.82, 2.24) is 9.80 Å². The quantitative estimate of drug-likeness (QED) is 0.332. The van der Waals surface area contributed by atoms with Crippen molar-refractivity contribution >= 4 is 35.2 Å². The van der Waals surface area contributed by atoms with Crippen LogP contribution < -0.4 is 9.64 Å². The van der Waals surface area contributed by atoms with Crippen LogP contribution in [0.5, 0.6) is 5.75 Å². The molecule has 0 saturated carbocycles. The van der Waals surface area contributed by atoms with Gasteiger partial charge in [0.2, 0.25) is 11.8 Å². The second-order valence-corrected chi connectivity index (χ2v) is 13.5. The third-order valence-electron chi connectivity index (χ3n) is 9.62. The minimum atomic E-state index is -0.844. The summed E-state index contributed by atoms with van der Waals surface area (Å²) in [6, 6.07) is 15.7. The van der Waals surface area contributed by atoms with Gasteiger partial charge in [0.05, 0.1) is 36.3 Å². The number of aliphatic hydroxyl groups excluding tert-OH is 1. The molecule has 5 rings (SSSR count). The lowest BCUT2D eigenvalue weighted by molar-refractivity contribution is -0.146. The molecule has 44 heavy (non-hydrogen) atoms. The van der Waals surface area contributed by atoms with Gasteiger partial charge in [0.15, 0.2) is 0 Å². The molecule has 8 nitrogen and oxygen atoms in total. The van der Waals surface area contributed by atoms with Gasteiger partial charge in [0.1, 0.15) is 11.8 Å². The maximum absolute atomic E-state index is 14.9. The summed E-state index contributed by atoms with van der Waals surface area (Å²) in [7, 11) is 1.59. The summed E-state index contributed by atoms with van der Waals surface area (Å²) >= 11 is 1.64. The van der Waals surface area contributed by atoms with Gasteiger partial charge in [0.25, 0.3) is 5.91 Å². The molecule has 3 unspecified atom stereocenters. The van der Waals surface area contributed by atoms with Crippen molar-refractivity contribution in [3.8, 4) is 5.75 Å². The molecule has 3 aliphatic rings. The molecule has 0 radical (unpaired) electrons. The van der Waals surface area contributed by atoms with Crippen molar-refractivity contribution in [1.29, 1.82) is 0 Å². The molecular weight excluding hydrogens is 574 g/mol. The fourth-order valence-electron chi connectivity index (χ4n) is 7.59. The molecule has 0 aromatic heterocycles. The molecular formula is C35H43N3O5S. The van der Waals surface area contributed by atoms with E-state index in [0.717, 1.165) is 12.0 Å². The summed E-state index contributed by atoms with van der Waals surface area (Å²) in [4.78, 5) is 49.0. The Bertz CT molecular complexity index is 1380. The number of rotatable bonds is 13. The van der Waals surface area contributed by atoms with Gasteiger partial charge in [-0.15, -0.1) is 24.9 Å². The third kappa shape index (κ3) is 5.24. The van der Waals surface area contributed by atoms with Crippen LogP contribution in [0.3, 0.4) is 0 Å². The average molecular weight is 618 g/mol. The van der Waals surface area contributed by atoms with Gasteiger partial charge in [-0.05, 0) is 48.6 Å². The number of ether oxygens (including phenoxy) is 1. The van der Waals surface area contributed by atoms with Crippen LogP contribution in [0.15, 0.2) is 79.9 Å². The standard InChI is InChI=1S/C35H43N3O5S/c1-6-18-36(21-24-12-10-9-11-13-24)32(40)29-28-20-23(4)35(44-28)30(29)33(41)38(25(8-3)22-39)31(35)34(42)37(19-7-2)26-14-16-27(43-5)17-15-26/h6-7,9-17,23,25,28-31,39H,1-2,8,18-22H2,3-5H3/t23?,25-,28+,29-,30-,31?,35?/m0/s1. The van der Waals surface area contributed by atoms with Crippen LogP contribution in [-0.2, 0) is 20.9 Å². The lowest BCUT2D eigenvalue weighted by atomic mass is 9.65. The Labute approximate surface area is 264 Å². The molecule has 3 saturated heterocycles. The van der Waals surface area contributed by atoms with Crippen LogP contribution in [-0.4, -0.2) is 81.5 Å². The van der Waals surface area contributed by atoms with E-state index in [0.29, 0.717) is 30.9 Å². The molecule has 3 aliphatic heterocycles. The summed E-state index contributed by atoms with van der Waals surface area (Å²) in [6.45, 7) is 12.6. The van der Waals surface area contributed by atoms with E-state index in [-0.39, 0.29) is 42.0 Å². The van der Waals surface area contributed by atoms with Gasteiger partial charge in [-0.1, -0.05) is 56.3 Å². The number of aliphatic hydroxyl groups is 1. The molecule has 234 valence electrons. The van der Waals surface area contributed by atoms with Crippen molar-refractivity contribution in [2.45, 2.75) is 55.3 Å². The smallest absolute Gasteiger partial charge is 0.251 e. The first-order valence-corrected chi connectivity index (χ1v) is 16.3. The Kier molecular flexibility index (Phi) is 9.56. The van der Waals surface area contributed by atoms with Crippen LogP contribution in [0.4, 0.5) is 5.69 Å².